The van der Waals surface area contributed by atoms with Crippen LogP contribution in [0.25, 0.3) is 6.08 Å². The summed E-state index contributed by atoms with van der Waals surface area (Å²) >= 11 is 0. The molecule has 0 aliphatic heterocycles. The molecule has 0 heterocycles. The second-order valence-corrected chi connectivity index (χ2v) is 5.43. The fraction of sp³-hybridized carbons (Fsp3) is 0.286. The highest BCUT2D eigenvalue weighted by Crippen LogP contribution is 2.16. The monoisotopic (exact) mass is 341 g/mol. The van der Waals surface area contributed by atoms with Crippen LogP contribution in [0.15, 0.2) is 60.2 Å². The Balaban J connectivity index is 0.000000550. The lowest BCUT2D eigenvalue weighted by atomic mass is 10.1. The smallest absolute Gasteiger partial charge is 0.331 e. The van der Waals surface area contributed by atoms with Crippen LogP contribution in [-0.4, -0.2) is 24.2 Å². The lowest BCUT2D eigenvalue weighted by Crippen LogP contribution is -2.09. The van der Waals surface area contributed by atoms with E-state index in [4.69, 9.17) is 9.84 Å². The quantitative estimate of drug-likeness (QED) is 0.734. The molecule has 0 amide bonds. The van der Waals surface area contributed by atoms with Gasteiger partial charge >= 0.3 is 5.97 Å². The van der Waals surface area contributed by atoms with Gasteiger partial charge in [-0.1, -0.05) is 56.3 Å². The molecule has 0 bridgehead atoms. The minimum absolute atomic E-state index is 0.308. The molecule has 2 aromatic carbocycles. The Hall–Kier alpha value is -2.59. The number of aliphatic carboxylic acids is 1. The topological polar surface area (TPSA) is 58.6 Å². The Morgan fingerprint density at radius 2 is 1.64 bits per heavy atom. The Labute approximate surface area is 150 Å². The van der Waals surface area contributed by atoms with Crippen LogP contribution in [0.1, 0.15) is 31.9 Å². The molecule has 25 heavy (non-hydrogen) atoms. The van der Waals surface area contributed by atoms with Gasteiger partial charge in [0.25, 0.3) is 0 Å². The molecule has 0 aliphatic carbocycles. The summed E-state index contributed by atoms with van der Waals surface area (Å²) in [4.78, 5) is 10.7. The maximum atomic E-state index is 10.7. The van der Waals surface area contributed by atoms with Gasteiger partial charge in [0.2, 0.25) is 0 Å². The lowest BCUT2D eigenvalue weighted by Gasteiger charge is -2.06. The molecule has 2 rings (SSSR count). The van der Waals surface area contributed by atoms with Crippen LogP contribution in [0.4, 0.5) is 0 Å². The number of hydrogen-bond donors (Lipinski definition) is 2. The van der Waals surface area contributed by atoms with Gasteiger partial charge in [-0.15, -0.1) is 0 Å². The van der Waals surface area contributed by atoms with E-state index in [1.165, 1.54) is 0 Å². The maximum absolute atomic E-state index is 10.7. The largest absolute Gasteiger partial charge is 0.489 e. The Bertz CT molecular complexity index is 647. The van der Waals surface area contributed by atoms with Crippen LogP contribution in [0.2, 0.25) is 0 Å². The standard InChI is InChI=1S/C17H16O3.C4H11N/c1-13(17(18)19)11-14-7-9-16(10-8-14)20-12-15-5-3-2-4-6-15;1-3-5-4-2/h2-11H,12H2,1H3,(H,18,19);5H,3-4H2,1-2H3. The molecule has 0 atom stereocenters. The van der Waals surface area contributed by atoms with Crippen molar-refractivity contribution >= 4 is 12.0 Å². The van der Waals surface area contributed by atoms with Gasteiger partial charge < -0.3 is 15.2 Å². The van der Waals surface area contributed by atoms with E-state index < -0.39 is 5.97 Å². The van der Waals surface area contributed by atoms with E-state index in [1.807, 2.05) is 54.6 Å². The first kappa shape index (κ1) is 20.5. The van der Waals surface area contributed by atoms with Crippen molar-refractivity contribution in [3.8, 4) is 5.75 Å². The maximum Gasteiger partial charge on any atom is 0.331 e. The minimum atomic E-state index is -0.908. The molecule has 0 unspecified atom stereocenters. The summed E-state index contributed by atoms with van der Waals surface area (Å²) in [5, 5.41) is 11.9. The Morgan fingerprint density at radius 1 is 1.04 bits per heavy atom. The van der Waals surface area contributed by atoms with E-state index in [0.717, 1.165) is 30.0 Å². The van der Waals surface area contributed by atoms with Crippen molar-refractivity contribution in [2.45, 2.75) is 27.4 Å². The molecule has 0 radical (unpaired) electrons. The molecular weight excluding hydrogens is 314 g/mol. The summed E-state index contributed by atoms with van der Waals surface area (Å²) < 4.78 is 5.66. The minimum Gasteiger partial charge on any atom is -0.489 e. The molecule has 0 aliphatic rings. The predicted octanol–water partition coefficient (Wildman–Crippen LogP) is 4.37. The molecule has 0 aromatic heterocycles. The van der Waals surface area contributed by atoms with E-state index in [1.54, 1.807) is 13.0 Å². The highest BCUT2D eigenvalue weighted by Gasteiger charge is 2.00. The van der Waals surface area contributed by atoms with E-state index in [2.05, 4.69) is 19.2 Å². The van der Waals surface area contributed by atoms with Gasteiger partial charge in [0.05, 0.1) is 0 Å². The van der Waals surface area contributed by atoms with Crippen LogP contribution in [0.3, 0.4) is 0 Å². The van der Waals surface area contributed by atoms with Gasteiger partial charge in [0.15, 0.2) is 0 Å². The van der Waals surface area contributed by atoms with Gasteiger partial charge in [-0.3, -0.25) is 0 Å². The molecule has 2 N–H and O–H groups in total. The summed E-state index contributed by atoms with van der Waals surface area (Å²) in [6, 6.07) is 17.3. The average molecular weight is 341 g/mol. The van der Waals surface area contributed by atoms with Crippen LogP contribution in [0.5, 0.6) is 5.75 Å². The van der Waals surface area contributed by atoms with Crippen molar-refractivity contribution < 1.29 is 14.6 Å². The van der Waals surface area contributed by atoms with Crippen molar-refractivity contribution in [2.75, 3.05) is 13.1 Å². The van der Waals surface area contributed by atoms with Gasteiger partial charge in [-0.2, -0.15) is 0 Å². The third-order valence-corrected chi connectivity index (χ3v) is 3.35. The first-order valence-electron chi connectivity index (χ1n) is 8.45. The van der Waals surface area contributed by atoms with Crippen molar-refractivity contribution in [2.24, 2.45) is 0 Å². The second kappa shape index (κ2) is 11.9. The zero-order valence-corrected chi connectivity index (χ0v) is 15.2. The number of nitrogens with one attached hydrogen (secondary N) is 1. The van der Waals surface area contributed by atoms with E-state index >= 15 is 0 Å². The number of carbonyl (C=O) groups is 1. The normalized spacial score (nSPS) is 10.6. The number of rotatable bonds is 7. The predicted molar refractivity (Wildman–Crippen MR) is 103 cm³/mol. The number of hydrogen-bond acceptors (Lipinski definition) is 3. The molecule has 134 valence electrons. The first-order valence-corrected chi connectivity index (χ1v) is 8.45. The Kier molecular flexibility index (Phi) is 9.71. The molecular formula is C21H27NO3. The van der Waals surface area contributed by atoms with Crippen LogP contribution >= 0.6 is 0 Å². The first-order chi connectivity index (χ1) is 12.1. The van der Waals surface area contributed by atoms with E-state index in [9.17, 15) is 4.79 Å². The molecule has 0 spiro atoms. The molecule has 0 saturated carbocycles. The molecule has 0 saturated heterocycles. The summed E-state index contributed by atoms with van der Waals surface area (Å²) in [7, 11) is 0. The zero-order chi connectivity index (χ0) is 18.5. The van der Waals surface area contributed by atoms with Crippen LogP contribution in [0, 0.1) is 0 Å². The van der Waals surface area contributed by atoms with Gasteiger partial charge in [-0.05, 0) is 49.3 Å². The highest BCUT2D eigenvalue weighted by atomic mass is 16.5. The summed E-state index contributed by atoms with van der Waals surface area (Å²) in [5.41, 5.74) is 2.26. The average Bonchev–Trinajstić information content (AvgIpc) is 2.63. The third-order valence-electron chi connectivity index (χ3n) is 3.35. The number of ether oxygens (including phenoxy) is 1. The van der Waals surface area contributed by atoms with Gasteiger partial charge in [-0.25, -0.2) is 4.79 Å². The van der Waals surface area contributed by atoms with E-state index in [-0.39, 0.29) is 0 Å². The second-order valence-electron chi connectivity index (χ2n) is 5.43. The molecule has 2 aromatic rings. The van der Waals surface area contributed by atoms with Crippen molar-refractivity contribution in [1.29, 1.82) is 0 Å². The van der Waals surface area contributed by atoms with Crippen molar-refractivity contribution in [1.82, 2.24) is 5.32 Å². The number of benzene rings is 2. The van der Waals surface area contributed by atoms with Crippen molar-refractivity contribution in [3.63, 3.8) is 0 Å². The molecule has 4 heteroatoms. The highest BCUT2D eigenvalue weighted by molar-refractivity contribution is 5.91. The number of carboxylic acids is 1. The summed E-state index contributed by atoms with van der Waals surface area (Å²) in [5.74, 6) is -0.145. The lowest BCUT2D eigenvalue weighted by molar-refractivity contribution is -0.132. The summed E-state index contributed by atoms with van der Waals surface area (Å²) in [6.45, 7) is 8.48. The zero-order valence-electron chi connectivity index (χ0n) is 15.2. The molecule has 0 fully saturated rings. The molecule has 4 nitrogen and oxygen atoms in total. The van der Waals surface area contributed by atoms with Gasteiger partial charge in [0, 0.05) is 5.57 Å². The van der Waals surface area contributed by atoms with Crippen molar-refractivity contribution in [3.05, 3.63) is 71.3 Å². The SMILES string of the molecule is CC(=Cc1ccc(OCc2ccccc2)cc1)C(=O)O.CCNCC. The van der Waals surface area contributed by atoms with Crippen LogP contribution in [-0.2, 0) is 11.4 Å². The Morgan fingerprint density at radius 3 is 2.12 bits per heavy atom. The van der Waals surface area contributed by atoms with Crippen LogP contribution < -0.4 is 10.1 Å². The number of carboxylic acid groups (broad SMARTS) is 1. The fourth-order valence-electron chi connectivity index (χ4n) is 1.96. The summed E-state index contributed by atoms with van der Waals surface area (Å²) in [6.07, 6.45) is 1.63. The fourth-order valence-corrected chi connectivity index (χ4v) is 1.96. The van der Waals surface area contributed by atoms with Gasteiger partial charge in [0.1, 0.15) is 12.4 Å². The third kappa shape index (κ3) is 8.72. The van der Waals surface area contributed by atoms with E-state index in [0.29, 0.717) is 12.2 Å².